The van der Waals surface area contributed by atoms with Gasteiger partial charge in [0.25, 0.3) is 0 Å². The minimum absolute atomic E-state index is 0.0213. The van der Waals surface area contributed by atoms with Gasteiger partial charge in [-0.3, -0.25) is 4.79 Å². The van der Waals surface area contributed by atoms with Gasteiger partial charge in [-0.15, -0.1) is 10.2 Å². The first-order valence-corrected chi connectivity index (χ1v) is 8.81. The van der Waals surface area contributed by atoms with Crippen LogP contribution in [0.4, 0.5) is 0 Å². The van der Waals surface area contributed by atoms with Gasteiger partial charge in [0.1, 0.15) is 5.76 Å². The summed E-state index contributed by atoms with van der Waals surface area (Å²) in [5.74, 6) is 1.86. The van der Waals surface area contributed by atoms with E-state index in [4.69, 9.17) is 8.83 Å². The molecule has 136 valence electrons. The topological polar surface area (TPSA) is 81.2 Å². The second-order valence-electron chi connectivity index (χ2n) is 6.45. The lowest BCUT2D eigenvalue weighted by molar-refractivity contribution is -0.121. The fourth-order valence-electron chi connectivity index (χ4n) is 2.62. The summed E-state index contributed by atoms with van der Waals surface area (Å²) in [6.45, 7) is 4.01. The van der Waals surface area contributed by atoms with Crippen molar-refractivity contribution in [2.24, 2.45) is 0 Å². The van der Waals surface area contributed by atoms with Gasteiger partial charge in [0, 0.05) is 30.9 Å². The highest BCUT2D eigenvalue weighted by atomic mass is 16.4. The summed E-state index contributed by atoms with van der Waals surface area (Å²) >= 11 is 0. The molecule has 0 aliphatic rings. The number of aromatic nitrogens is 2. The van der Waals surface area contributed by atoms with Gasteiger partial charge in [0.2, 0.25) is 17.7 Å². The molecule has 1 aromatic carbocycles. The summed E-state index contributed by atoms with van der Waals surface area (Å²) in [5, 5.41) is 11.1. The number of amides is 1. The molecule has 3 rings (SSSR count). The smallest absolute Gasteiger partial charge is 0.247 e. The number of nitrogens with one attached hydrogen (secondary N) is 1. The molecule has 2 heterocycles. The molecule has 6 nitrogen and oxygen atoms in total. The first-order chi connectivity index (χ1) is 12.6. The van der Waals surface area contributed by atoms with E-state index in [-0.39, 0.29) is 11.9 Å². The zero-order chi connectivity index (χ0) is 18.4. The third kappa shape index (κ3) is 5.05. The largest absolute Gasteiger partial charge is 0.469 e. The SMILES string of the molecule is Cc1ccc(-c2nnc(CCC(=O)NC(C)CCc3ccco3)o2)cc1. The van der Waals surface area contributed by atoms with Crippen LogP contribution < -0.4 is 5.32 Å². The van der Waals surface area contributed by atoms with Crippen LogP contribution >= 0.6 is 0 Å². The van der Waals surface area contributed by atoms with E-state index in [0.29, 0.717) is 24.6 Å². The maximum atomic E-state index is 12.1. The summed E-state index contributed by atoms with van der Waals surface area (Å²) in [5.41, 5.74) is 2.05. The molecule has 2 aromatic heterocycles. The minimum atomic E-state index is -0.0213. The van der Waals surface area contributed by atoms with Crippen molar-refractivity contribution in [1.82, 2.24) is 15.5 Å². The van der Waals surface area contributed by atoms with Crippen LogP contribution in [-0.4, -0.2) is 22.1 Å². The maximum Gasteiger partial charge on any atom is 0.247 e. The summed E-state index contributed by atoms with van der Waals surface area (Å²) in [4.78, 5) is 12.1. The average molecular weight is 353 g/mol. The number of benzene rings is 1. The second-order valence-corrected chi connectivity index (χ2v) is 6.45. The zero-order valence-electron chi connectivity index (χ0n) is 15.1. The number of nitrogens with zero attached hydrogens (tertiary/aromatic N) is 2. The van der Waals surface area contributed by atoms with E-state index >= 15 is 0 Å². The number of hydrogen-bond donors (Lipinski definition) is 1. The lowest BCUT2D eigenvalue weighted by Crippen LogP contribution is -2.33. The molecule has 26 heavy (non-hydrogen) atoms. The van der Waals surface area contributed by atoms with Crippen LogP contribution in [0.1, 0.15) is 37.0 Å². The molecule has 3 aromatic rings. The fourth-order valence-corrected chi connectivity index (χ4v) is 2.62. The molecule has 0 radical (unpaired) electrons. The van der Waals surface area contributed by atoms with Crippen molar-refractivity contribution in [3.05, 3.63) is 59.9 Å². The average Bonchev–Trinajstić information content (AvgIpc) is 3.31. The number of rotatable bonds is 8. The molecule has 6 heteroatoms. The van der Waals surface area contributed by atoms with Gasteiger partial charge in [-0.25, -0.2) is 0 Å². The van der Waals surface area contributed by atoms with Crippen molar-refractivity contribution in [1.29, 1.82) is 0 Å². The third-order valence-electron chi connectivity index (χ3n) is 4.14. The van der Waals surface area contributed by atoms with Gasteiger partial charge in [-0.1, -0.05) is 17.7 Å². The van der Waals surface area contributed by atoms with Crippen LogP contribution in [0.25, 0.3) is 11.5 Å². The zero-order valence-corrected chi connectivity index (χ0v) is 15.1. The molecule has 0 saturated carbocycles. The van der Waals surface area contributed by atoms with E-state index in [1.165, 1.54) is 5.56 Å². The van der Waals surface area contributed by atoms with E-state index in [9.17, 15) is 4.79 Å². The molecular weight excluding hydrogens is 330 g/mol. The van der Waals surface area contributed by atoms with Crippen molar-refractivity contribution >= 4 is 5.91 Å². The number of furan rings is 1. The molecule has 0 spiro atoms. The van der Waals surface area contributed by atoms with Crippen LogP contribution in [-0.2, 0) is 17.6 Å². The van der Waals surface area contributed by atoms with E-state index < -0.39 is 0 Å². The lowest BCUT2D eigenvalue weighted by atomic mass is 10.1. The van der Waals surface area contributed by atoms with Gasteiger partial charge in [0.15, 0.2) is 0 Å². The van der Waals surface area contributed by atoms with Crippen molar-refractivity contribution in [2.45, 2.75) is 45.6 Å². The Labute approximate surface area is 152 Å². The van der Waals surface area contributed by atoms with E-state index in [1.54, 1.807) is 6.26 Å². The van der Waals surface area contributed by atoms with E-state index in [2.05, 4.69) is 15.5 Å². The molecule has 1 unspecified atom stereocenters. The molecule has 0 aliphatic heterocycles. The van der Waals surface area contributed by atoms with Crippen LogP contribution in [0.15, 0.2) is 51.5 Å². The highest BCUT2D eigenvalue weighted by molar-refractivity contribution is 5.76. The quantitative estimate of drug-likeness (QED) is 0.668. The molecule has 0 saturated heterocycles. The fraction of sp³-hybridized carbons (Fsp3) is 0.350. The first kappa shape index (κ1) is 17.9. The molecule has 0 aliphatic carbocycles. The Balaban J connectivity index is 1.43. The Hall–Kier alpha value is -2.89. The van der Waals surface area contributed by atoms with Gasteiger partial charge in [-0.2, -0.15) is 0 Å². The predicted molar refractivity (Wildman–Crippen MR) is 97.4 cm³/mol. The number of carbonyl (C=O) groups is 1. The summed E-state index contributed by atoms with van der Waals surface area (Å²) in [6, 6.07) is 11.8. The Morgan fingerprint density at radius 1 is 1.15 bits per heavy atom. The van der Waals surface area contributed by atoms with Crippen molar-refractivity contribution in [3.8, 4) is 11.5 Å². The number of carbonyl (C=O) groups excluding carboxylic acids is 1. The standard InChI is InChI=1S/C20H23N3O3/c1-14-5-8-16(9-6-14)20-23-22-19(26-20)12-11-18(24)21-15(2)7-10-17-4-3-13-25-17/h3-6,8-9,13,15H,7,10-12H2,1-2H3,(H,21,24). The Morgan fingerprint density at radius 3 is 2.69 bits per heavy atom. The predicted octanol–water partition coefficient (Wildman–Crippen LogP) is 3.71. The molecule has 1 N–H and O–H groups in total. The highest BCUT2D eigenvalue weighted by Gasteiger charge is 2.12. The van der Waals surface area contributed by atoms with Gasteiger partial charge in [0.05, 0.1) is 6.26 Å². The molecule has 0 fully saturated rings. The Morgan fingerprint density at radius 2 is 1.96 bits per heavy atom. The Bertz CT molecular complexity index is 822. The van der Waals surface area contributed by atoms with E-state index in [0.717, 1.165) is 24.2 Å². The Kier molecular flexibility index (Phi) is 5.84. The van der Waals surface area contributed by atoms with Crippen LogP contribution in [0, 0.1) is 6.92 Å². The normalized spacial score (nSPS) is 12.1. The monoisotopic (exact) mass is 353 g/mol. The van der Waals surface area contributed by atoms with E-state index in [1.807, 2.05) is 50.2 Å². The van der Waals surface area contributed by atoms with Crippen LogP contribution in [0.5, 0.6) is 0 Å². The summed E-state index contributed by atoms with van der Waals surface area (Å²) < 4.78 is 10.9. The van der Waals surface area contributed by atoms with Crippen LogP contribution in [0.3, 0.4) is 0 Å². The third-order valence-corrected chi connectivity index (χ3v) is 4.14. The highest BCUT2D eigenvalue weighted by Crippen LogP contribution is 2.18. The molecule has 0 bridgehead atoms. The van der Waals surface area contributed by atoms with Gasteiger partial charge >= 0.3 is 0 Å². The van der Waals surface area contributed by atoms with Crippen molar-refractivity contribution in [3.63, 3.8) is 0 Å². The van der Waals surface area contributed by atoms with Gasteiger partial charge < -0.3 is 14.2 Å². The number of aryl methyl sites for hydroxylation is 3. The lowest BCUT2D eigenvalue weighted by Gasteiger charge is -2.12. The molecule has 1 amide bonds. The maximum absolute atomic E-state index is 12.1. The summed E-state index contributed by atoms with van der Waals surface area (Å²) in [6.07, 6.45) is 4.04. The van der Waals surface area contributed by atoms with Gasteiger partial charge in [-0.05, 0) is 44.5 Å². The second kappa shape index (κ2) is 8.47. The minimum Gasteiger partial charge on any atom is -0.469 e. The summed E-state index contributed by atoms with van der Waals surface area (Å²) in [7, 11) is 0. The molecule has 1 atom stereocenters. The van der Waals surface area contributed by atoms with Crippen LogP contribution in [0.2, 0.25) is 0 Å². The number of hydrogen-bond acceptors (Lipinski definition) is 5. The molecular formula is C20H23N3O3. The first-order valence-electron chi connectivity index (χ1n) is 8.81. The van der Waals surface area contributed by atoms with Crippen molar-refractivity contribution < 1.29 is 13.6 Å². The van der Waals surface area contributed by atoms with Crippen molar-refractivity contribution in [2.75, 3.05) is 0 Å².